The maximum absolute atomic E-state index is 10.5. The van der Waals surface area contributed by atoms with Crippen molar-refractivity contribution in [3.05, 3.63) is 35.9 Å². The fraction of sp³-hybridized carbons (Fsp3) is 0.143. The van der Waals surface area contributed by atoms with Crippen molar-refractivity contribution in [1.82, 2.24) is 4.72 Å². The van der Waals surface area contributed by atoms with E-state index in [4.69, 9.17) is 5.14 Å². The van der Waals surface area contributed by atoms with Crippen molar-refractivity contribution in [1.29, 1.82) is 0 Å². The van der Waals surface area contributed by atoms with Crippen LogP contribution in [0.5, 0.6) is 0 Å². The second kappa shape index (κ2) is 5.18. The van der Waals surface area contributed by atoms with Gasteiger partial charge in [0.2, 0.25) is 0 Å². The number of benzene rings is 1. The van der Waals surface area contributed by atoms with Crippen molar-refractivity contribution >= 4 is 22.6 Å². The van der Waals surface area contributed by atoms with E-state index in [-0.39, 0.29) is 19.0 Å². The van der Waals surface area contributed by atoms with Crippen LogP contribution in [-0.4, -0.2) is 8.42 Å². The van der Waals surface area contributed by atoms with Gasteiger partial charge in [-0.05, 0) is 5.56 Å². The summed E-state index contributed by atoms with van der Waals surface area (Å²) < 4.78 is 23.1. The lowest BCUT2D eigenvalue weighted by atomic mass is 10.2. The van der Waals surface area contributed by atoms with E-state index in [9.17, 15) is 8.42 Å². The molecule has 0 atom stereocenters. The Morgan fingerprint density at radius 3 is 2.23 bits per heavy atom. The maximum Gasteiger partial charge on any atom is 0.274 e. The number of hydrogen-bond donors (Lipinski definition) is 2. The molecule has 1 rings (SSSR count). The van der Waals surface area contributed by atoms with E-state index in [1.54, 1.807) is 0 Å². The average molecular weight is 223 g/mol. The molecule has 0 saturated heterocycles. The van der Waals surface area contributed by atoms with Gasteiger partial charge in [0.25, 0.3) is 10.2 Å². The summed E-state index contributed by atoms with van der Waals surface area (Å²) in [5.74, 6) is 0. The number of rotatable bonds is 3. The van der Waals surface area contributed by atoms with E-state index in [2.05, 4.69) is 4.72 Å². The van der Waals surface area contributed by atoms with Crippen LogP contribution in [0.25, 0.3) is 0 Å². The molecule has 0 aliphatic heterocycles. The van der Waals surface area contributed by atoms with Crippen LogP contribution in [-0.2, 0) is 16.8 Å². The van der Waals surface area contributed by atoms with Gasteiger partial charge in [0.1, 0.15) is 0 Å². The molecule has 0 aliphatic carbocycles. The Morgan fingerprint density at radius 2 is 1.77 bits per heavy atom. The van der Waals surface area contributed by atoms with E-state index in [1.165, 1.54) is 0 Å². The molecule has 0 fully saturated rings. The first-order valence-electron chi connectivity index (χ1n) is 3.39. The molecule has 0 aromatic heterocycles. The second-order valence-electron chi connectivity index (χ2n) is 2.35. The van der Waals surface area contributed by atoms with Gasteiger partial charge in [-0.3, -0.25) is 0 Å². The zero-order valence-corrected chi connectivity index (χ0v) is 8.44. The lowest BCUT2D eigenvalue weighted by Gasteiger charge is -2.00. The van der Waals surface area contributed by atoms with Gasteiger partial charge in [-0.15, -0.1) is 12.4 Å². The molecule has 74 valence electrons. The van der Waals surface area contributed by atoms with Crippen LogP contribution in [0.3, 0.4) is 0 Å². The van der Waals surface area contributed by atoms with E-state index < -0.39 is 10.2 Å². The van der Waals surface area contributed by atoms with Gasteiger partial charge < -0.3 is 0 Å². The molecule has 0 bridgehead atoms. The van der Waals surface area contributed by atoms with Crippen LogP contribution in [0.15, 0.2) is 30.3 Å². The summed E-state index contributed by atoms with van der Waals surface area (Å²) >= 11 is 0. The highest BCUT2D eigenvalue weighted by Gasteiger charge is 1.99. The van der Waals surface area contributed by atoms with E-state index in [0.29, 0.717) is 0 Å². The van der Waals surface area contributed by atoms with Gasteiger partial charge in [-0.1, -0.05) is 30.3 Å². The topological polar surface area (TPSA) is 72.2 Å². The summed E-state index contributed by atoms with van der Waals surface area (Å²) in [6, 6.07) is 9.16. The van der Waals surface area contributed by atoms with Crippen LogP contribution < -0.4 is 9.86 Å². The molecule has 0 amide bonds. The highest BCUT2D eigenvalue weighted by molar-refractivity contribution is 7.87. The molecular weight excluding hydrogens is 212 g/mol. The third-order valence-electron chi connectivity index (χ3n) is 1.32. The van der Waals surface area contributed by atoms with Gasteiger partial charge in [0, 0.05) is 6.54 Å². The minimum Gasteiger partial charge on any atom is -0.216 e. The fourth-order valence-corrected chi connectivity index (χ4v) is 1.15. The van der Waals surface area contributed by atoms with Gasteiger partial charge in [0.05, 0.1) is 0 Å². The first kappa shape index (κ1) is 12.4. The van der Waals surface area contributed by atoms with Crippen LogP contribution in [0.1, 0.15) is 5.56 Å². The van der Waals surface area contributed by atoms with Crippen LogP contribution in [0, 0.1) is 0 Å². The monoisotopic (exact) mass is 222 g/mol. The lowest BCUT2D eigenvalue weighted by molar-refractivity contribution is 0.583. The first-order chi connectivity index (χ1) is 5.58. The first-order valence-corrected chi connectivity index (χ1v) is 4.94. The Morgan fingerprint density at radius 1 is 1.23 bits per heavy atom. The Labute approximate surface area is 83.7 Å². The standard InChI is InChI=1S/C7H10N2O2S.ClH/c8-12(10,11)9-6-7-4-2-1-3-5-7;/h1-5,9H,6H2,(H2,8,10,11);1H. The number of nitrogens with one attached hydrogen (secondary N) is 1. The van der Waals surface area contributed by atoms with E-state index >= 15 is 0 Å². The molecule has 0 saturated carbocycles. The molecule has 1 aromatic rings. The Kier molecular flexibility index (Phi) is 4.94. The second-order valence-corrected chi connectivity index (χ2v) is 3.73. The molecule has 3 N–H and O–H groups in total. The molecule has 4 nitrogen and oxygen atoms in total. The van der Waals surface area contributed by atoms with Crippen molar-refractivity contribution < 1.29 is 8.42 Å². The lowest BCUT2D eigenvalue weighted by Crippen LogP contribution is -2.30. The Balaban J connectivity index is 0.00000144. The molecule has 0 radical (unpaired) electrons. The quantitative estimate of drug-likeness (QED) is 0.777. The van der Waals surface area contributed by atoms with Crippen molar-refractivity contribution in [2.75, 3.05) is 0 Å². The molecule has 0 aliphatic rings. The summed E-state index contributed by atoms with van der Waals surface area (Å²) in [4.78, 5) is 0. The molecule has 0 heterocycles. The molecular formula is C7H11ClN2O2S. The van der Waals surface area contributed by atoms with Crippen molar-refractivity contribution in [2.24, 2.45) is 5.14 Å². The van der Waals surface area contributed by atoms with Crippen LogP contribution in [0.2, 0.25) is 0 Å². The average Bonchev–Trinajstić information content (AvgIpc) is 2.02. The minimum absolute atomic E-state index is 0. The molecule has 0 unspecified atom stereocenters. The smallest absolute Gasteiger partial charge is 0.216 e. The van der Waals surface area contributed by atoms with Crippen molar-refractivity contribution in [3.8, 4) is 0 Å². The summed E-state index contributed by atoms with van der Waals surface area (Å²) in [5, 5.41) is 4.74. The normalized spacial score (nSPS) is 10.5. The molecule has 1 aromatic carbocycles. The highest BCUT2D eigenvalue weighted by Crippen LogP contribution is 1.96. The predicted molar refractivity (Wildman–Crippen MR) is 53.6 cm³/mol. The summed E-state index contributed by atoms with van der Waals surface area (Å²) in [6.45, 7) is 0.236. The number of hydrogen-bond acceptors (Lipinski definition) is 2. The summed E-state index contributed by atoms with van der Waals surface area (Å²) in [7, 11) is -3.57. The Hall–Kier alpha value is -0.620. The molecule has 13 heavy (non-hydrogen) atoms. The van der Waals surface area contributed by atoms with Crippen molar-refractivity contribution in [2.45, 2.75) is 6.54 Å². The van der Waals surface area contributed by atoms with Crippen LogP contribution >= 0.6 is 12.4 Å². The maximum atomic E-state index is 10.5. The number of halogens is 1. The van der Waals surface area contributed by atoms with Gasteiger partial charge in [0.15, 0.2) is 0 Å². The van der Waals surface area contributed by atoms with E-state index in [0.717, 1.165) is 5.56 Å². The Bertz CT molecular complexity index is 339. The minimum atomic E-state index is -3.57. The third-order valence-corrected chi connectivity index (χ3v) is 1.87. The largest absolute Gasteiger partial charge is 0.274 e. The number of nitrogens with two attached hydrogens (primary N) is 1. The zero-order valence-electron chi connectivity index (χ0n) is 6.80. The van der Waals surface area contributed by atoms with Gasteiger partial charge in [-0.25, -0.2) is 5.14 Å². The zero-order chi connectivity index (χ0) is 9.03. The SMILES string of the molecule is Cl.NS(=O)(=O)NCc1ccccc1. The summed E-state index contributed by atoms with van der Waals surface area (Å²) in [6.07, 6.45) is 0. The molecule has 6 heteroatoms. The summed E-state index contributed by atoms with van der Waals surface area (Å²) in [5.41, 5.74) is 0.881. The fourth-order valence-electron chi connectivity index (χ4n) is 0.780. The van der Waals surface area contributed by atoms with Gasteiger partial charge >= 0.3 is 0 Å². The van der Waals surface area contributed by atoms with Gasteiger partial charge in [-0.2, -0.15) is 13.1 Å². The van der Waals surface area contributed by atoms with Crippen molar-refractivity contribution in [3.63, 3.8) is 0 Å². The highest BCUT2D eigenvalue weighted by atomic mass is 35.5. The predicted octanol–water partition coefficient (Wildman–Crippen LogP) is 0.401. The van der Waals surface area contributed by atoms with E-state index in [1.807, 2.05) is 30.3 Å². The third kappa shape index (κ3) is 5.59. The van der Waals surface area contributed by atoms with Crippen LogP contribution in [0.4, 0.5) is 0 Å². The molecule has 0 spiro atoms.